The number of ether oxygens (including phenoxy) is 2. The van der Waals surface area contributed by atoms with Gasteiger partial charge >= 0.3 is 0 Å². The Hall–Kier alpha value is -1.75. The smallest absolute Gasteiger partial charge is 0.255 e. The summed E-state index contributed by atoms with van der Waals surface area (Å²) in [5.41, 5.74) is 0.535. The summed E-state index contributed by atoms with van der Waals surface area (Å²) in [5.74, 6) is 1.09. The molecule has 0 radical (unpaired) electrons. The number of carbonyl (C=O) groups is 1. The summed E-state index contributed by atoms with van der Waals surface area (Å²) in [6.07, 6.45) is 3.39. The second-order valence-corrected chi connectivity index (χ2v) is 4.90. The molecule has 1 heterocycles. The molecule has 2 rings (SSSR count). The van der Waals surface area contributed by atoms with Gasteiger partial charge in [-0.05, 0) is 37.9 Å². The Morgan fingerprint density at radius 1 is 1.40 bits per heavy atom. The highest BCUT2D eigenvalue weighted by molar-refractivity contribution is 5.97. The minimum atomic E-state index is -0.109. The van der Waals surface area contributed by atoms with Crippen LogP contribution < -0.4 is 20.1 Å². The molecular formula is C15H22N2O3. The number of hydrogen-bond acceptors (Lipinski definition) is 4. The van der Waals surface area contributed by atoms with Gasteiger partial charge in [-0.3, -0.25) is 4.79 Å². The molecule has 1 amide bonds. The van der Waals surface area contributed by atoms with Gasteiger partial charge in [-0.25, -0.2) is 0 Å². The monoisotopic (exact) mass is 278 g/mol. The van der Waals surface area contributed by atoms with Crippen molar-refractivity contribution in [1.82, 2.24) is 10.6 Å². The third kappa shape index (κ3) is 3.63. The van der Waals surface area contributed by atoms with Crippen molar-refractivity contribution in [1.29, 1.82) is 0 Å². The van der Waals surface area contributed by atoms with E-state index in [1.54, 1.807) is 32.4 Å². The van der Waals surface area contributed by atoms with Crippen molar-refractivity contribution in [2.75, 3.05) is 27.3 Å². The lowest BCUT2D eigenvalue weighted by molar-refractivity contribution is 0.0949. The first-order chi connectivity index (χ1) is 9.74. The molecule has 1 aromatic carbocycles. The van der Waals surface area contributed by atoms with Crippen molar-refractivity contribution < 1.29 is 14.3 Å². The lowest BCUT2D eigenvalue weighted by atomic mass is 10.1. The van der Waals surface area contributed by atoms with Crippen molar-refractivity contribution in [2.45, 2.75) is 25.3 Å². The van der Waals surface area contributed by atoms with Gasteiger partial charge < -0.3 is 20.1 Å². The maximum atomic E-state index is 12.1. The summed E-state index contributed by atoms with van der Waals surface area (Å²) < 4.78 is 10.4. The highest BCUT2D eigenvalue weighted by Gasteiger charge is 2.16. The average Bonchev–Trinajstić information content (AvgIpc) is 2.99. The number of benzene rings is 1. The summed E-state index contributed by atoms with van der Waals surface area (Å²) in [6.45, 7) is 1.76. The highest BCUT2D eigenvalue weighted by Crippen LogP contribution is 2.24. The van der Waals surface area contributed by atoms with Gasteiger partial charge in [0.25, 0.3) is 5.91 Å². The Labute approximate surface area is 119 Å². The molecule has 1 aliphatic heterocycles. The van der Waals surface area contributed by atoms with Crippen LogP contribution in [-0.4, -0.2) is 39.3 Å². The van der Waals surface area contributed by atoms with Crippen LogP contribution in [0.5, 0.6) is 11.5 Å². The Balaban J connectivity index is 1.90. The van der Waals surface area contributed by atoms with Crippen LogP contribution in [0.25, 0.3) is 0 Å². The van der Waals surface area contributed by atoms with Gasteiger partial charge in [-0.15, -0.1) is 0 Å². The van der Waals surface area contributed by atoms with Gasteiger partial charge in [0.2, 0.25) is 0 Å². The summed E-state index contributed by atoms with van der Waals surface area (Å²) in [6, 6.07) is 5.73. The minimum Gasteiger partial charge on any atom is -0.497 e. The Morgan fingerprint density at radius 2 is 2.25 bits per heavy atom. The molecule has 0 aliphatic carbocycles. The molecule has 1 atom stereocenters. The Morgan fingerprint density at radius 3 is 2.90 bits per heavy atom. The first-order valence-corrected chi connectivity index (χ1v) is 6.98. The lowest BCUT2D eigenvalue weighted by Crippen LogP contribution is -2.30. The molecule has 1 aliphatic rings. The van der Waals surface area contributed by atoms with Crippen molar-refractivity contribution in [3.05, 3.63) is 23.8 Å². The Bertz CT molecular complexity index is 456. The fourth-order valence-electron chi connectivity index (χ4n) is 2.44. The molecule has 0 aromatic heterocycles. The molecule has 5 heteroatoms. The van der Waals surface area contributed by atoms with Crippen LogP contribution in [0.2, 0.25) is 0 Å². The van der Waals surface area contributed by atoms with Gasteiger partial charge in [0.05, 0.1) is 19.8 Å². The first kappa shape index (κ1) is 14.7. The lowest BCUT2D eigenvalue weighted by Gasteiger charge is -2.13. The molecule has 1 saturated heterocycles. The normalized spacial score (nSPS) is 17.8. The highest BCUT2D eigenvalue weighted by atomic mass is 16.5. The van der Waals surface area contributed by atoms with Gasteiger partial charge in [0, 0.05) is 18.7 Å². The topological polar surface area (TPSA) is 59.6 Å². The molecule has 1 unspecified atom stereocenters. The predicted octanol–water partition coefficient (Wildman–Crippen LogP) is 1.58. The van der Waals surface area contributed by atoms with Gasteiger partial charge in [-0.1, -0.05) is 0 Å². The molecule has 1 aromatic rings. The van der Waals surface area contributed by atoms with Gasteiger partial charge in [-0.2, -0.15) is 0 Å². The number of rotatable bonds is 6. The van der Waals surface area contributed by atoms with E-state index in [9.17, 15) is 4.79 Å². The quantitative estimate of drug-likeness (QED) is 0.829. The van der Waals surface area contributed by atoms with E-state index in [4.69, 9.17) is 9.47 Å². The standard InChI is InChI=1S/C15H22N2O3/c1-19-12-5-6-13(14(10-12)20-2)15(18)17-9-7-11-4-3-8-16-11/h5-6,10-11,16H,3-4,7-9H2,1-2H3,(H,17,18). The Kier molecular flexibility index (Phi) is 5.24. The van der Waals surface area contributed by atoms with Crippen molar-refractivity contribution in [3.8, 4) is 11.5 Å². The summed E-state index contributed by atoms with van der Waals surface area (Å²) in [7, 11) is 3.14. The van der Waals surface area contributed by atoms with Crippen molar-refractivity contribution in [3.63, 3.8) is 0 Å². The van der Waals surface area contributed by atoms with Crippen LogP contribution in [0.1, 0.15) is 29.6 Å². The van der Waals surface area contributed by atoms with E-state index in [1.165, 1.54) is 12.8 Å². The number of amides is 1. The number of nitrogens with one attached hydrogen (secondary N) is 2. The maximum Gasteiger partial charge on any atom is 0.255 e. The van der Waals surface area contributed by atoms with E-state index in [0.29, 0.717) is 29.6 Å². The second-order valence-electron chi connectivity index (χ2n) is 4.90. The van der Waals surface area contributed by atoms with E-state index in [1.807, 2.05) is 0 Å². The summed E-state index contributed by atoms with van der Waals surface area (Å²) in [5, 5.41) is 6.35. The molecule has 0 bridgehead atoms. The van der Waals surface area contributed by atoms with Crippen LogP contribution in [0.3, 0.4) is 0 Å². The molecule has 1 fully saturated rings. The largest absolute Gasteiger partial charge is 0.497 e. The zero-order valence-electron chi connectivity index (χ0n) is 12.1. The molecule has 0 saturated carbocycles. The fourth-order valence-corrected chi connectivity index (χ4v) is 2.44. The fraction of sp³-hybridized carbons (Fsp3) is 0.533. The van der Waals surface area contributed by atoms with Crippen LogP contribution in [0, 0.1) is 0 Å². The molecule has 110 valence electrons. The second kappa shape index (κ2) is 7.14. The maximum absolute atomic E-state index is 12.1. The third-order valence-corrected chi connectivity index (χ3v) is 3.59. The van der Waals surface area contributed by atoms with Crippen molar-refractivity contribution in [2.24, 2.45) is 0 Å². The average molecular weight is 278 g/mol. The zero-order valence-corrected chi connectivity index (χ0v) is 12.1. The molecule has 2 N–H and O–H groups in total. The van der Waals surface area contributed by atoms with E-state index >= 15 is 0 Å². The number of hydrogen-bond donors (Lipinski definition) is 2. The van der Waals surface area contributed by atoms with E-state index < -0.39 is 0 Å². The van der Waals surface area contributed by atoms with E-state index in [-0.39, 0.29) is 5.91 Å². The van der Waals surface area contributed by atoms with Gasteiger partial charge in [0.15, 0.2) is 0 Å². The van der Waals surface area contributed by atoms with E-state index in [2.05, 4.69) is 10.6 Å². The van der Waals surface area contributed by atoms with Gasteiger partial charge in [0.1, 0.15) is 11.5 Å². The number of methoxy groups -OCH3 is 2. The predicted molar refractivity (Wildman–Crippen MR) is 77.5 cm³/mol. The number of carbonyl (C=O) groups excluding carboxylic acids is 1. The molecule has 20 heavy (non-hydrogen) atoms. The van der Waals surface area contributed by atoms with Crippen LogP contribution >= 0.6 is 0 Å². The minimum absolute atomic E-state index is 0.109. The molecule has 0 spiro atoms. The molecular weight excluding hydrogens is 256 g/mol. The van der Waals surface area contributed by atoms with Crippen molar-refractivity contribution >= 4 is 5.91 Å². The first-order valence-electron chi connectivity index (χ1n) is 6.98. The summed E-state index contributed by atoms with van der Waals surface area (Å²) >= 11 is 0. The SMILES string of the molecule is COc1ccc(C(=O)NCCC2CCCN2)c(OC)c1. The molecule has 5 nitrogen and oxygen atoms in total. The zero-order chi connectivity index (χ0) is 14.4. The van der Waals surface area contributed by atoms with E-state index in [0.717, 1.165) is 13.0 Å². The van der Waals surface area contributed by atoms with Crippen LogP contribution in [0.4, 0.5) is 0 Å². The third-order valence-electron chi connectivity index (χ3n) is 3.59. The summed E-state index contributed by atoms with van der Waals surface area (Å²) in [4.78, 5) is 12.1. The van der Waals surface area contributed by atoms with Crippen LogP contribution in [-0.2, 0) is 0 Å². The van der Waals surface area contributed by atoms with Crippen LogP contribution in [0.15, 0.2) is 18.2 Å².